The van der Waals surface area contributed by atoms with Crippen molar-refractivity contribution in [2.75, 3.05) is 131 Å². The molecule has 7 amide bonds. The summed E-state index contributed by atoms with van der Waals surface area (Å²) in [5, 5.41) is 57.6. The molecule has 1 heterocycles. The summed E-state index contributed by atoms with van der Waals surface area (Å²) in [6, 6.07) is 20.9. The van der Waals surface area contributed by atoms with E-state index in [1.165, 1.54) is 12.1 Å². The number of urea groups is 1. The van der Waals surface area contributed by atoms with Crippen LogP contribution in [-0.4, -0.2) is 237 Å². The molecule has 1 fully saturated rings. The Labute approximate surface area is 500 Å². The molecule has 86 heavy (non-hydrogen) atoms. The van der Waals surface area contributed by atoms with Gasteiger partial charge in [0.1, 0.15) is 17.5 Å². The maximum absolute atomic E-state index is 14.4. The molecule has 2 atom stereocenters. The number of carbonyl (C=O) groups is 9. The van der Waals surface area contributed by atoms with Crippen LogP contribution in [0.4, 0.5) is 4.79 Å². The number of rotatable bonds is 35. The van der Waals surface area contributed by atoms with Gasteiger partial charge in [0.05, 0.1) is 51.9 Å². The van der Waals surface area contributed by atoms with Crippen LogP contribution in [0.2, 0.25) is 0 Å². The highest BCUT2D eigenvalue weighted by atomic mass is 16.5. The average molecular weight is 1200 g/mol. The van der Waals surface area contributed by atoms with Crippen molar-refractivity contribution in [2.24, 2.45) is 10.7 Å². The average Bonchev–Trinajstić information content (AvgIpc) is 1.84. The Kier molecular flexibility index (Phi) is 32.6. The van der Waals surface area contributed by atoms with Crippen molar-refractivity contribution in [1.29, 1.82) is 0 Å². The van der Waals surface area contributed by atoms with Gasteiger partial charge in [-0.3, -0.25) is 58.0 Å². The van der Waals surface area contributed by atoms with E-state index in [9.17, 15) is 63.6 Å². The number of unbranched alkanes of at least 4 members (excludes halogenated alkanes) is 1. The molecule has 0 spiro atoms. The number of ether oxygens (including phenoxy) is 2. The normalized spacial score (nSPS) is 14.6. The Morgan fingerprint density at radius 1 is 0.558 bits per heavy atom. The predicted octanol–water partition coefficient (Wildman–Crippen LogP) is -0.481. The number of phenols is 1. The van der Waals surface area contributed by atoms with E-state index in [0.717, 1.165) is 5.56 Å². The molecule has 0 aromatic heterocycles. The van der Waals surface area contributed by atoms with Crippen LogP contribution in [0.5, 0.6) is 11.5 Å². The van der Waals surface area contributed by atoms with Crippen molar-refractivity contribution in [3.63, 3.8) is 0 Å². The summed E-state index contributed by atoms with van der Waals surface area (Å²) in [7, 11) is 0. The van der Waals surface area contributed by atoms with Gasteiger partial charge in [-0.2, -0.15) is 4.99 Å². The van der Waals surface area contributed by atoms with Crippen molar-refractivity contribution in [3.8, 4) is 11.5 Å². The first kappa shape index (κ1) is 70.0. The van der Waals surface area contributed by atoms with Crippen molar-refractivity contribution in [1.82, 2.24) is 56.8 Å². The number of nitrogens with one attached hydrogen (secondary N) is 7. The molecular weight excluding hydrogens is 1120 g/mol. The second kappa shape index (κ2) is 40.0. The second-order valence-electron chi connectivity index (χ2n) is 20.3. The number of aliphatic imine (C=N–C) groups is 1. The van der Waals surface area contributed by atoms with Gasteiger partial charge in [-0.1, -0.05) is 61.5 Å². The standard InChI is InChI=1S/C58H85N13O15/c1-2-48(73)61-22-23-64-58(84)67-57(59)63-21-9-14-47(55(82)65-37-42-15-17-45(72)18-16-42)66-56(83)54(43-10-4-3-5-11-43)44-12-8-13-46(36-44)86-33-7-6-20-60-49(74)19-34-85-35-24-62-50(75)38-68-25-27-69(39-51(76)77)29-31-71(41-53(80)81)32-30-70(28-26-68)40-52(78)79/h3-5,8,10-13,15-18,36,47,54,72H,2,6-7,9,14,19-35,37-41H2,1H3,(H,60,74)(H,61,73)(H,62,75)(H,65,82)(H,66,83)(H,76,77)(H,78,79)(H,80,81)(H4,59,63,64,67,84)/t47-,54+/m1/s1. The van der Waals surface area contributed by atoms with Gasteiger partial charge in [0.15, 0.2) is 5.96 Å². The van der Waals surface area contributed by atoms with E-state index >= 15 is 0 Å². The number of carboxylic acid groups (broad SMARTS) is 3. The van der Waals surface area contributed by atoms with Crippen LogP contribution in [0.25, 0.3) is 0 Å². The Bertz CT molecular complexity index is 2620. The number of nitrogens with two attached hydrogens (primary N) is 1. The Morgan fingerprint density at radius 3 is 1.72 bits per heavy atom. The molecule has 0 bridgehead atoms. The maximum Gasteiger partial charge on any atom is 0.344 e. The van der Waals surface area contributed by atoms with Crippen LogP contribution < -0.4 is 47.7 Å². The van der Waals surface area contributed by atoms with Crippen LogP contribution in [0.3, 0.4) is 0 Å². The zero-order chi connectivity index (χ0) is 62.5. The number of carbonyl (C=O) groups excluding carboxylic acids is 6. The van der Waals surface area contributed by atoms with Crippen LogP contribution >= 0.6 is 0 Å². The molecule has 28 nitrogen and oxygen atoms in total. The van der Waals surface area contributed by atoms with Crippen LogP contribution in [0.1, 0.15) is 68.1 Å². The molecule has 1 aliphatic heterocycles. The summed E-state index contributed by atoms with van der Waals surface area (Å²) in [6.07, 6.45) is 2.10. The van der Waals surface area contributed by atoms with Crippen molar-refractivity contribution >= 4 is 59.4 Å². The maximum atomic E-state index is 14.4. The third-order valence-electron chi connectivity index (χ3n) is 13.4. The smallest absolute Gasteiger partial charge is 0.344 e. The number of nitrogens with zero attached hydrogens (tertiary/aromatic N) is 5. The lowest BCUT2D eigenvalue weighted by molar-refractivity contribution is -0.140. The number of aliphatic carboxylic acids is 3. The molecule has 472 valence electrons. The highest BCUT2D eigenvalue weighted by Gasteiger charge is 2.29. The highest BCUT2D eigenvalue weighted by Crippen LogP contribution is 2.28. The molecule has 3 aromatic carbocycles. The first-order valence-electron chi connectivity index (χ1n) is 28.8. The first-order chi connectivity index (χ1) is 41.4. The molecule has 0 radical (unpaired) electrons. The summed E-state index contributed by atoms with van der Waals surface area (Å²) in [5.74, 6) is -5.15. The Morgan fingerprint density at radius 2 is 1.12 bits per heavy atom. The molecule has 28 heteroatoms. The SMILES string of the molecule is CCC(=O)NCCNC(=O)/N=C(/N)NCCC[C@@H](NC(=O)[C@@H](c1ccccc1)c1cccc(OCCCCNC(=O)CCOCCNC(=O)CN2CCN(CC(=O)O)CCN(CC(=O)O)CCN(CC(=O)O)CC2)c1)C(=O)NCc1ccc(O)cc1. The van der Waals surface area contributed by atoms with Gasteiger partial charge in [0.25, 0.3) is 0 Å². The Balaban J connectivity index is 1.22. The number of carboxylic acids is 3. The monoisotopic (exact) mass is 1200 g/mol. The minimum Gasteiger partial charge on any atom is -0.508 e. The largest absolute Gasteiger partial charge is 0.508 e. The fourth-order valence-corrected chi connectivity index (χ4v) is 8.89. The Hall–Kier alpha value is -8.44. The number of aromatic hydroxyl groups is 1. The molecular formula is C58H85N13O15. The van der Waals surface area contributed by atoms with Crippen molar-refractivity contribution < 1.29 is 73.1 Å². The number of guanidine groups is 1. The summed E-state index contributed by atoms with van der Waals surface area (Å²) >= 11 is 0. The minimum absolute atomic E-state index is 0.0393. The van der Waals surface area contributed by atoms with Crippen LogP contribution in [-0.2, 0) is 49.6 Å². The molecule has 0 unspecified atom stereocenters. The van der Waals surface area contributed by atoms with Gasteiger partial charge < -0.3 is 72.9 Å². The zero-order valence-electron chi connectivity index (χ0n) is 48.8. The van der Waals surface area contributed by atoms with Gasteiger partial charge in [0.2, 0.25) is 29.5 Å². The van der Waals surface area contributed by atoms with Crippen LogP contribution in [0.15, 0.2) is 83.9 Å². The third-order valence-corrected chi connectivity index (χ3v) is 13.4. The van der Waals surface area contributed by atoms with Gasteiger partial charge in [0, 0.05) is 104 Å². The van der Waals surface area contributed by atoms with Gasteiger partial charge in [-0.25, -0.2) is 4.79 Å². The lowest BCUT2D eigenvalue weighted by Crippen LogP contribution is -2.50. The molecule has 0 aliphatic carbocycles. The van der Waals surface area contributed by atoms with Gasteiger partial charge >= 0.3 is 23.9 Å². The number of hydrogen-bond acceptors (Lipinski definition) is 16. The summed E-state index contributed by atoms with van der Waals surface area (Å²) in [5.41, 5.74) is 7.94. The van der Waals surface area contributed by atoms with Crippen molar-refractivity contribution in [3.05, 3.63) is 95.6 Å². The topological polar surface area (TPSA) is 389 Å². The highest BCUT2D eigenvalue weighted by molar-refractivity contribution is 5.93. The van der Waals surface area contributed by atoms with E-state index in [2.05, 4.69) is 42.2 Å². The van der Waals surface area contributed by atoms with Crippen LogP contribution in [0, 0.1) is 0 Å². The van der Waals surface area contributed by atoms with E-state index in [1.807, 2.05) is 35.2 Å². The van der Waals surface area contributed by atoms with Gasteiger partial charge in [-0.15, -0.1) is 0 Å². The fraction of sp³-hybridized carbons (Fsp3) is 0.517. The van der Waals surface area contributed by atoms with E-state index in [-0.39, 0.29) is 154 Å². The first-order valence-corrected chi connectivity index (χ1v) is 28.8. The molecule has 4 rings (SSSR count). The quantitative estimate of drug-likeness (QED) is 0.0201. The number of hydrogen-bond donors (Lipinski definition) is 12. The fourth-order valence-electron chi connectivity index (χ4n) is 8.89. The van der Waals surface area contributed by atoms with Gasteiger partial charge in [-0.05, 0) is 66.6 Å². The number of phenolic OH excluding ortho intramolecular Hbond substituents is 1. The van der Waals surface area contributed by atoms with E-state index < -0.39 is 47.7 Å². The molecule has 3 aromatic rings. The lowest BCUT2D eigenvalue weighted by atomic mass is 9.90. The van der Waals surface area contributed by atoms with E-state index in [0.29, 0.717) is 68.8 Å². The number of benzene rings is 3. The lowest BCUT2D eigenvalue weighted by Gasteiger charge is -2.32. The van der Waals surface area contributed by atoms with Crippen molar-refractivity contribution in [2.45, 2.75) is 64.0 Å². The second-order valence-corrected chi connectivity index (χ2v) is 20.3. The van der Waals surface area contributed by atoms with E-state index in [1.54, 1.807) is 58.0 Å². The number of amides is 7. The summed E-state index contributed by atoms with van der Waals surface area (Å²) in [6.45, 7) is 4.90. The molecule has 0 saturated carbocycles. The van der Waals surface area contributed by atoms with E-state index in [4.69, 9.17) is 15.2 Å². The molecule has 1 saturated heterocycles. The zero-order valence-corrected chi connectivity index (χ0v) is 48.8. The molecule has 13 N–H and O–H groups in total. The summed E-state index contributed by atoms with van der Waals surface area (Å²) < 4.78 is 11.7. The summed E-state index contributed by atoms with van der Waals surface area (Å²) in [4.78, 5) is 123. The minimum atomic E-state index is -1.05. The molecule has 1 aliphatic rings. The predicted molar refractivity (Wildman–Crippen MR) is 317 cm³/mol. The third kappa shape index (κ3) is 29.9.